The summed E-state index contributed by atoms with van der Waals surface area (Å²) in [5, 5.41) is 0. The first-order valence-electron chi connectivity index (χ1n) is 6.55. The molecule has 100 valence electrons. The maximum atomic E-state index is 11.7. The predicted octanol–water partition coefficient (Wildman–Crippen LogP) is 1.39. The number of ether oxygens (including phenoxy) is 1. The van der Waals surface area contributed by atoms with Crippen molar-refractivity contribution in [3.63, 3.8) is 0 Å². The van der Waals surface area contributed by atoms with Gasteiger partial charge in [-0.15, -0.1) is 0 Å². The lowest BCUT2D eigenvalue weighted by atomic mass is 9.93. The number of rotatable bonds is 4. The van der Waals surface area contributed by atoms with Crippen LogP contribution in [0.4, 0.5) is 0 Å². The zero-order valence-corrected chi connectivity index (χ0v) is 11.4. The number of piperidine rings is 1. The molecule has 1 saturated heterocycles. The van der Waals surface area contributed by atoms with Gasteiger partial charge in [0.15, 0.2) is 0 Å². The standard InChI is InChI=1S/C13H26N2O2/c1-13(2,3)17-12(16)10-11-4-7-15(8-5-11)9-6-14/h11H,4-10,14H2,1-3H3. The Kier molecular flexibility index (Phi) is 5.40. The average Bonchev–Trinajstić information content (AvgIpc) is 2.18. The largest absolute Gasteiger partial charge is 0.460 e. The van der Waals surface area contributed by atoms with Gasteiger partial charge in [0.1, 0.15) is 5.60 Å². The van der Waals surface area contributed by atoms with Crippen LogP contribution in [0.1, 0.15) is 40.0 Å². The maximum Gasteiger partial charge on any atom is 0.306 e. The fourth-order valence-corrected chi connectivity index (χ4v) is 2.22. The van der Waals surface area contributed by atoms with Gasteiger partial charge in [0, 0.05) is 19.5 Å². The van der Waals surface area contributed by atoms with Crippen molar-refractivity contribution < 1.29 is 9.53 Å². The first-order valence-corrected chi connectivity index (χ1v) is 6.55. The minimum atomic E-state index is -0.364. The van der Waals surface area contributed by atoms with E-state index in [4.69, 9.17) is 10.5 Å². The van der Waals surface area contributed by atoms with Gasteiger partial charge in [0.25, 0.3) is 0 Å². The summed E-state index contributed by atoms with van der Waals surface area (Å²) in [6, 6.07) is 0. The Hall–Kier alpha value is -0.610. The van der Waals surface area contributed by atoms with Crippen LogP contribution in [-0.4, -0.2) is 42.6 Å². The molecule has 17 heavy (non-hydrogen) atoms. The average molecular weight is 242 g/mol. The molecule has 0 unspecified atom stereocenters. The van der Waals surface area contributed by atoms with Crippen molar-refractivity contribution in [2.45, 2.75) is 45.6 Å². The van der Waals surface area contributed by atoms with Crippen LogP contribution in [-0.2, 0) is 9.53 Å². The van der Waals surface area contributed by atoms with Crippen molar-refractivity contribution in [1.29, 1.82) is 0 Å². The molecule has 0 atom stereocenters. The van der Waals surface area contributed by atoms with Gasteiger partial charge in [-0.25, -0.2) is 0 Å². The third-order valence-corrected chi connectivity index (χ3v) is 3.03. The van der Waals surface area contributed by atoms with Gasteiger partial charge in [-0.2, -0.15) is 0 Å². The van der Waals surface area contributed by atoms with Gasteiger partial charge in [-0.1, -0.05) is 0 Å². The highest BCUT2D eigenvalue weighted by atomic mass is 16.6. The van der Waals surface area contributed by atoms with Crippen LogP contribution >= 0.6 is 0 Å². The number of hydrogen-bond donors (Lipinski definition) is 1. The molecule has 1 aliphatic rings. The van der Waals surface area contributed by atoms with Crippen molar-refractivity contribution in [2.24, 2.45) is 11.7 Å². The van der Waals surface area contributed by atoms with Crippen LogP contribution in [0, 0.1) is 5.92 Å². The number of esters is 1. The summed E-state index contributed by atoms with van der Waals surface area (Å²) >= 11 is 0. The summed E-state index contributed by atoms with van der Waals surface area (Å²) < 4.78 is 5.34. The van der Waals surface area contributed by atoms with Crippen LogP contribution in [0.15, 0.2) is 0 Å². The molecule has 0 bridgehead atoms. The number of likely N-dealkylation sites (tertiary alicyclic amines) is 1. The molecular formula is C13H26N2O2. The molecule has 4 nitrogen and oxygen atoms in total. The molecule has 4 heteroatoms. The van der Waals surface area contributed by atoms with Crippen molar-refractivity contribution in [1.82, 2.24) is 4.90 Å². The van der Waals surface area contributed by atoms with E-state index in [0.29, 0.717) is 12.3 Å². The summed E-state index contributed by atoms with van der Waals surface area (Å²) in [4.78, 5) is 14.0. The van der Waals surface area contributed by atoms with Gasteiger partial charge < -0.3 is 15.4 Å². The zero-order valence-electron chi connectivity index (χ0n) is 11.4. The van der Waals surface area contributed by atoms with Crippen molar-refractivity contribution in [2.75, 3.05) is 26.2 Å². The molecule has 1 aliphatic heterocycles. The zero-order chi connectivity index (χ0) is 12.9. The highest BCUT2D eigenvalue weighted by Gasteiger charge is 2.24. The first kappa shape index (κ1) is 14.5. The lowest BCUT2D eigenvalue weighted by molar-refractivity contribution is -0.156. The van der Waals surface area contributed by atoms with E-state index in [9.17, 15) is 4.79 Å². The Morgan fingerprint density at radius 3 is 2.41 bits per heavy atom. The number of nitrogens with zero attached hydrogens (tertiary/aromatic N) is 1. The third-order valence-electron chi connectivity index (χ3n) is 3.03. The second-order valence-corrected chi connectivity index (χ2v) is 5.86. The Morgan fingerprint density at radius 2 is 1.94 bits per heavy atom. The van der Waals surface area contributed by atoms with E-state index >= 15 is 0 Å². The van der Waals surface area contributed by atoms with Gasteiger partial charge in [0.2, 0.25) is 0 Å². The highest BCUT2D eigenvalue weighted by molar-refractivity contribution is 5.70. The molecule has 0 saturated carbocycles. The quantitative estimate of drug-likeness (QED) is 0.757. The second-order valence-electron chi connectivity index (χ2n) is 5.86. The number of carbonyl (C=O) groups excluding carboxylic acids is 1. The van der Waals surface area contributed by atoms with Gasteiger partial charge in [-0.05, 0) is 52.6 Å². The van der Waals surface area contributed by atoms with Crippen LogP contribution in [0.3, 0.4) is 0 Å². The number of nitrogens with two attached hydrogens (primary N) is 1. The molecule has 0 aromatic carbocycles. The van der Waals surface area contributed by atoms with E-state index in [1.807, 2.05) is 20.8 Å². The molecule has 1 fully saturated rings. The minimum absolute atomic E-state index is 0.0604. The van der Waals surface area contributed by atoms with Crippen LogP contribution in [0.2, 0.25) is 0 Å². The topological polar surface area (TPSA) is 55.6 Å². The molecule has 0 spiro atoms. The normalized spacial score (nSPS) is 19.3. The molecular weight excluding hydrogens is 216 g/mol. The first-order chi connectivity index (χ1) is 7.90. The van der Waals surface area contributed by atoms with Gasteiger partial charge >= 0.3 is 5.97 Å². The van der Waals surface area contributed by atoms with E-state index in [2.05, 4.69) is 4.90 Å². The van der Waals surface area contributed by atoms with Gasteiger partial charge in [-0.3, -0.25) is 4.79 Å². The second kappa shape index (κ2) is 6.36. The Balaban J connectivity index is 2.24. The molecule has 0 aromatic heterocycles. The van der Waals surface area contributed by atoms with E-state index in [-0.39, 0.29) is 11.6 Å². The Labute approximate surface area is 104 Å². The molecule has 1 rings (SSSR count). The van der Waals surface area contributed by atoms with E-state index in [0.717, 1.165) is 39.0 Å². The number of carbonyl (C=O) groups is 1. The third kappa shape index (κ3) is 6.03. The Morgan fingerprint density at radius 1 is 1.35 bits per heavy atom. The summed E-state index contributed by atoms with van der Waals surface area (Å²) in [6.07, 6.45) is 2.73. The summed E-state index contributed by atoms with van der Waals surface area (Å²) in [6.45, 7) is 9.55. The molecule has 1 heterocycles. The van der Waals surface area contributed by atoms with Crippen LogP contribution in [0.25, 0.3) is 0 Å². The van der Waals surface area contributed by atoms with Crippen LogP contribution < -0.4 is 5.73 Å². The van der Waals surface area contributed by atoms with Gasteiger partial charge in [0.05, 0.1) is 0 Å². The van der Waals surface area contributed by atoms with E-state index in [1.165, 1.54) is 0 Å². The fourth-order valence-electron chi connectivity index (χ4n) is 2.22. The van der Waals surface area contributed by atoms with Crippen molar-refractivity contribution in [3.8, 4) is 0 Å². The fraction of sp³-hybridized carbons (Fsp3) is 0.923. The molecule has 0 aliphatic carbocycles. The highest BCUT2D eigenvalue weighted by Crippen LogP contribution is 2.21. The van der Waals surface area contributed by atoms with Crippen molar-refractivity contribution in [3.05, 3.63) is 0 Å². The van der Waals surface area contributed by atoms with Crippen molar-refractivity contribution >= 4 is 5.97 Å². The lowest BCUT2D eigenvalue weighted by Crippen LogP contribution is -2.38. The summed E-state index contributed by atoms with van der Waals surface area (Å²) in [7, 11) is 0. The number of hydrogen-bond acceptors (Lipinski definition) is 4. The summed E-state index contributed by atoms with van der Waals surface area (Å²) in [5.41, 5.74) is 5.16. The molecule has 0 aromatic rings. The molecule has 0 radical (unpaired) electrons. The Bertz CT molecular complexity index is 240. The molecule has 0 amide bonds. The maximum absolute atomic E-state index is 11.7. The van der Waals surface area contributed by atoms with Crippen LogP contribution in [0.5, 0.6) is 0 Å². The smallest absolute Gasteiger partial charge is 0.306 e. The lowest BCUT2D eigenvalue weighted by Gasteiger charge is -2.31. The molecule has 2 N–H and O–H groups in total. The van der Waals surface area contributed by atoms with E-state index < -0.39 is 0 Å². The SMILES string of the molecule is CC(C)(C)OC(=O)CC1CCN(CCN)CC1. The predicted molar refractivity (Wildman–Crippen MR) is 68.7 cm³/mol. The van der Waals surface area contributed by atoms with E-state index in [1.54, 1.807) is 0 Å². The minimum Gasteiger partial charge on any atom is -0.460 e. The monoisotopic (exact) mass is 242 g/mol. The summed E-state index contributed by atoms with van der Waals surface area (Å²) in [5.74, 6) is 0.425.